The molecule has 4 heteroatoms. The van der Waals surface area contributed by atoms with E-state index in [0.29, 0.717) is 10.9 Å². The molecule has 1 rings (SSSR count). The Morgan fingerprint density at radius 1 is 1.64 bits per heavy atom. The van der Waals surface area contributed by atoms with Gasteiger partial charge in [0.15, 0.2) is 5.78 Å². The highest BCUT2D eigenvalue weighted by molar-refractivity contribution is 7.18. The van der Waals surface area contributed by atoms with Crippen molar-refractivity contribution >= 4 is 28.7 Å². The minimum atomic E-state index is 0.00432. The smallest absolute Gasteiger partial charge is 0.175 e. The topological polar surface area (TPSA) is 26.3 Å². The van der Waals surface area contributed by atoms with Gasteiger partial charge in [0, 0.05) is 19.6 Å². The fraction of sp³-hybridized carbons (Fsp3) is 0.500. The van der Waals surface area contributed by atoms with Crippen molar-refractivity contribution in [2.24, 2.45) is 5.92 Å². The van der Waals surface area contributed by atoms with Crippen LogP contribution in [0.15, 0.2) is 12.1 Å². The van der Waals surface area contributed by atoms with Crippen LogP contribution in [0.25, 0.3) is 0 Å². The molecule has 0 saturated heterocycles. The first-order chi connectivity index (χ1) is 6.65. The molecule has 1 aromatic heterocycles. The fourth-order valence-electron chi connectivity index (χ4n) is 1.12. The number of hydrogen-bond donors (Lipinski definition) is 0. The highest BCUT2D eigenvalue weighted by Crippen LogP contribution is 2.24. The van der Waals surface area contributed by atoms with Crippen LogP contribution in [0.4, 0.5) is 0 Å². The van der Waals surface area contributed by atoms with Gasteiger partial charge in [-0.25, -0.2) is 0 Å². The minimum Gasteiger partial charge on any atom is -0.385 e. The van der Waals surface area contributed by atoms with Crippen LogP contribution in [0.1, 0.15) is 23.0 Å². The number of carbonyl (C=O) groups is 1. The first kappa shape index (κ1) is 11.7. The predicted molar refractivity (Wildman–Crippen MR) is 59.3 cm³/mol. The third kappa shape index (κ3) is 3.08. The van der Waals surface area contributed by atoms with E-state index in [0.717, 1.165) is 11.3 Å². The summed E-state index contributed by atoms with van der Waals surface area (Å²) in [5, 5.41) is 0. The van der Waals surface area contributed by atoms with E-state index in [4.69, 9.17) is 16.3 Å². The van der Waals surface area contributed by atoms with Gasteiger partial charge in [-0.1, -0.05) is 18.5 Å². The maximum atomic E-state index is 11.8. The highest BCUT2D eigenvalue weighted by Gasteiger charge is 2.16. The molecule has 0 aliphatic carbocycles. The summed E-state index contributed by atoms with van der Waals surface area (Å²) in [6.45, 7) is 2.53. The molecule has 0 saturated carbocycles. The number of carbonyl (C=O) groups excluding carboxylic acids is 1. The molecule has 1 unspecified atom stereocenters. The van der Waals surface area contributed by atoms with E-state index in [1.807, 2.05) is 6.92 Å². The molecule has 0 amide bonds. The second-order valence-electron chi connectivity index (χ2n) is 3.15. The molecular formula is C10H13ClO2S. The van der Waals surface area contributed by atoms with Crippen molar-refractivity contribution in [3.63, 3.8) is 0 Å². The molecule has 78 valence electrons. The Bertz CT molecular complexity index is 309. The lowest BCUT2D eigenvalue weighted by Gasteiger charge is -2.07. The van der Waals surface area contributed by atoms with Crippen LogP contribution in [0, 0.1) is 5.92 Å². The van der Waals surface area contributed by atoms with E-state index in [2.05, 4.69) is 0 Å². The van der Waals surface area contributed by atoms with Crippen LogP contribution in [0.2, 0.25) is 4.34 Å². The Morgan fingerprint density at radius 2 is 2.36 bits per heavy atom. The molecule has 1 heterocycles. The van der Waals surface area contributed by atoms with E-state index in [1.54, 1.807) is 19.2 Å². The molecular weight excluding hydrogens is 220 g/mol. The van der Waals surface area contributed by atoms with Gasteiger partial charge in [-0.15, -0.1) is 11.3 Å². The first-order valence-corrected chi connectivity index (χ1v) is 5.63. The summed E-state index contributed by atoms with van der Waals surface area (Å²) in [4.78, 5) is 12.5. The number of Topliss-reactive ketones (excluding diaryl/α,β-unsaturated/α-hetero) is 1. The van der Waals surface area contributed by atoms with E-state index in [1.165, 1.54) is 11.3 Å². The molecule has 0 spiro atoms. The van der Waals surface area contributed by atoms with Gasteiger partial charge in [0.25, 0.3) is 0 Å². The van der Waals surface area contributed by atoms with Gasteiger partial charge >= 0.3 is 0 Å². The molecule has 14 heavy (non-hydrogen) atoms. The van der Waals surface area contributed by atoms with Crippen LogP contribution in [-0.2, 0) is 4.74 Å². The van der Waals surface area contributed by atoms with Crippen molar-refractivity contribution in [1.29, 1.82) is 0 Å². The summed E-state index contributed by atoms with van der Waals surface area (Å²) in [7, 11) is 1.64. The average molecular weight is 233 g/mol. The SMILES string of the molecule is COCCC(C)C(=O)c1ccc(Cl)s1. The number of ether oxygens (including phenoxy) is 1. The lowest BCUT2D eigenvalue weighted by Crippen LogP contribution is -2.11. The Labute approximate surface area is 92.8 Å². The van der Waals surface area contributed by atoms with Crippen LogP contribution < -0.4 is 0 Å². The van der Waals surface area contributed by atoms with Crippen LogP contribution in [0.3, 0.4) is 0 Å². The summed E-state index contributed by atoms with van der Waals surface area (Å²) < 4.78 is 5.59. The number of halogens is 1. The molecule has 0 aromatic carbocycles. The van der Waals surface area contributed by atoms with Crippen LogP contribution in [0.5, 0.6) is 0 Å². The standard InChI is InChI=1S/C10H13ClO2S/c1-7(5-6-13-2)10(12)8-3-4-9(11)14-8/h3-4,7H,5-6H2,1-2H3. The predicted octanol–water partition coefficient (Wildman–Crippen LogP) is 3.26. The van der Waals surface area contributed by atoms with E-state index >= 15 is 0 Å². The Hall–Kier alpha value is -0.380. The zero-order valence-corrected chi connectivity index (χ0v) is 9.82. The molecule has 0 radical (unpaired) electrons. The molecule has 0 fully saturated rings. The zero-order valence-electron chi connectivity index (χ0n) is 8.25. The number of thiophene rings is 1. The molecule has 1 aromatic rings. The van der Waals surface area contributed by atoms with Gasteiger partial charge in [0.2, 0.25) is 0 Å². The summed E-state index contributed by atoms with van der Waals surface area (Å²) in [5.41, 5.74) is 0. The second kappa shape index (κ2) is 5.49. The van der Waals surface area contributed by atoms with Gasteiger partial charge in [0.1, 0.15) is 0 Å². The van der Waals surface area contributed by atoms with Crippen molar-refractivity contribution in [1.82, 2.24) is 0 Å². The van der Waals surface area contributed by atoms with Crippen molar-refractivity contribution in [3.8, 4) is 0 Å². The van der Waals surface area contributed by atoms with Gasteiger partial charge in [-0.3, -0.25) is 4.79 Å². The summed E-state index contributed by atoms with van der Waals surface area (Å²) in [6.07, 6.45) is 0.755. The lowest BCUT2D eigenvalue weighted by atomic mass is 10.0. The maximum Gasteiger partial charge on any atom is 0.175 e. The third-order valence-electron chi connectivity index (χ3n) is 2.02. The number of rotatable bonds is 5. The molecule has 0 bridgehead atoms. The van der Waals surface area contributed by atoms with Gasteiger partial charge < -0.3 is 4.74 Å². The minimum absolute atomic E-state index is 0.00432. The average Bonchev–Trinajstić information content (AvgIpc) is 2.60. The third-order valence-corrected chi connectivity index (χ3v) is 3.26. The summed E-state index contributed by atoms with van der Waals surface area (Å²) >= 11 is 7.09. The summed E-state index contributed by atoms with van der Waals surface area (Å²) in [5.74, 6) is 0.156. The zero-order chi connectivity index (χ0) is 10.6. The quantitative estimate of drug-likeness (QED) is 0.729. The Kier molecular flexibility index (Phi) is 4.58. The molecule has 0 aliphatic rings. The van der Waals surface area contributed by atoms with E-state index in [-0.39, 0.29) is 11.7 Å². The van der Waals surface area contributed by atoms with Gasteiger partial charge in [0.05, 0.1) is 9.21 Å². The Balaban J connectivity index is 2.56. The van der Waals surface area contributed by atoms with E-state index in [9.17, 15) is 4.79 Å². The van der Waals surface area contributed by atoms with E-state index < -0.39 is 0 Å². The normalized spacial score (nSPS) is 12.8. The second-order valence-corrected chi connectivity index (χ2v) is 4.87. The van der Waals surface area contributed by atoms with Crippen molar-refractivity contribution < 1.29 is 9.53 Å². The van der Waals surface area contributed by atoms with Gasteiger partial charge in [-0.2, -0.15) is 0 Å². The van der Waals surface area contributed by atoms with Crippen LogP contribution in [-0.4, -0.2) is 19.5 Å². The summed E-state index contributed by atoms with van der Waals surface area (Å²) in [6, 6.07) is 3.53. The monoisotopic (exact) mass is 232 g/mol. The molecule has 1 atom stereocenters. The van der Waals surface area contributed by atoms with Crippen molar-refractivity contribution in [2.45, 2.75) is 13.3 Å². The number of methoxy groups -OCH3 is 1. The largest absolute Gasteiger partial charge is 0.385 e. The Morgan fingerprint density at radius 3 is 2.86 bits per heavy atom. The van der Waals surface area contributed by atoms with Gasteiger partial charge in [-0.05, 0) is 18.6 Å². The maximum absolute atomic E-state index is 11.8. The number of ketones is 1. The highest BCUT2D eigenvalue weighted by atomic mass is 35.5. The molecule has 0 aliphatic heterocycles. The van der Waals surface area contributed by atoms with Crippen molar-refractivity contribution in [2.75, 3.05) is 13.7 Å². The molecule has 2 nitrogen and oxygen atoms in total. The first-order valence-electron chi connectivity index (χ1n) is 4.43. The van der Waals surface area contributed by atoms with Crippen molar-refractivity contribution in [3.05, 3.63) is 21.3 Å². The molecule has 0 N–H and O–H groups in total. The lowest BCUT2D eigenvalue weighted by molar-refractivity contribution is 0.0898. The van der Waals surface area contributed by atoms with Crippen LogP contribution >= 0.6 is 22.9 Å². The fourth-order valence-corrected chi connectivity index (χ4v) is 2.21. The number of hydrogen-bond acceptors (Lipinski definition) is 3.